The zero-order chi connectivity index (χ0) is 11.4. The van der Waals surface area contributed by atoms with Crippen LogP contribution in [0.5, 0.6) is 5.75 Å². The molecule has 1 aromatic heterocycles. The number of hydrogen-bond donors (Lipinski definition) is 1. The van der Waals surface area contributed by atoms with Crippen LogP contribution in [0.4, 0.5) is 4.39 Å². The lowest BCUT2D eigenvalue weighted by molar-refractivity contribution is 0.300. The van der Waals surface area contributed by atoms with Crippen LogP contribution in [0.25, 0.3) is 0 Å². The van der Waals surface area contributed by atoms with Crippen molar-refractivity contribution in [1.29, 1.82) is 0 Å². The van der Waals surface area contributed by atoms with Crippen molar-refractivity contribution in [3.63, 3.8) is 0 Å². The highest BCUT2D eigenvalue weighted by atomic mass is 19.1. The van der Waals surface area contributed by atoms with Gasteiger partial charge >= 0.3 is 0 Å². The van der Waals surface area contributed by atoms with Gasteiger partial charge in [-0.2, -0.15) is 0 Å². The van der Waals surface area contributed by atoms with Crippen LogP contribution < -0.4 is 10.3 Å². The topological polar surface area (TPSA) is 55.0 Å². The maximum absolute atomic E-state index is 12.6. The van der Waals surface area contributed by atoms with E-state index in [2.05, 4.69) is 9.97 Å². The number of hydrogen-bond acceptors (Lipinski definition) is 3. The summed E-state index contributed by atoms with van der Waals surface area (Å²) in [6, 6.07) is 7.00. The molecule has 0 amide bonds. The molecule has 1 aromatic carbocycles. The van der Waals surface area contributed by atoms with Crippen LogP contribution in [0.1, 0.15) is 5.69 Å². The fraction of sp³-hybridized carbons (Fsp3) is 0.0909. The zero-order valence-corrected chi connectivity index (χ0v) is 8.31. The summed E-state index contributed by atoms with van der Waals surface area (Å²) in [4.78, 5) is 17.3. The molecule has 0 spiro atoms. The molecule has 0 saturated carbocycles. The molecular weight excluding hydrogens is 211 g/mol. The van der Waals surface area contributed by atoms with Crippen LogP contribution in [0.3, 0.4) is 0 Å². The van der Waals surface area contributed by atoms with Gasteiger partial charge in [0.2, 0.25) is 0 Å². The standard InChI is InChI=1S/C11H9FN2O2/c12-8-1-3-10(4-2-8)16-6-9-5-11(15)14-7-13-9/h1-5,7H,6H2,(H,13,14,15). The summed E-state index contributed by atoms with van der Waals surface area (Å²) in [5, 5.41) is 0. The summed E-state index contributed by atoms with van der Waals surface area (Å²) in [5.41, 5.74) is 0.292. The minimum absolute atomic E-state index is 0.176. The highest BCUT2D eigenvalue weighted by Gasteiger charge is 1.98. The van der Waals surface area contributed by atoms with Gasteiger partial charge in [-0.15, -0.1) is 0 Å². The SMILES string of the molecule is O=c1cc(COc2ccc(F)cc2)nc[nH]1. The second kappa shape index (κ2) is 4.57. The summed E-state index contributed by atoms with van der Waals surface area (Å²) >= 11 is 0. The molecule has 2 rings (SSSR count). The van der Waals surface area contributed by atoms with E-state index in [0.717, 1.165) is 0 Å². The first-order valence-corrected chi connectivity index (χ1v) is 4.66. The second-order valence-electron chi connectivity index (χ2n) is 3.15. The molecule has 16 heavy (non-hydrogen) atoms. The van der Waals surface area contributed by atoms with Crippen LogP contribution >= 0.6 is 0 Å². The Bertz CT molecular complexity index is 522. The highest BCUT2D eigenvalue weighted by molar-refractivity contribution is 5.22. The van der Waals surface area contributed by atoms with E-state index in [9.17, 15) is 9.18 Å². The van der Waals surface area contributed by atoms with Gasteiger partial charge in [0.1, 0.15) is 18.2 Å². The summed E-state index contributed by atoms with van der Waals surface area (Å²) in [6.07, 6.45) is 1.31. The molecule has 4 nitrogen and oxygen atoms in total. The van der Waals surface area contributed by atoms with Gasteiger partial charge in [0.15, 0.2) is 0 Å². The Hall–Kier alpha value is -2.17. The van der Waals surface area contributed by atoms with Crippen molar-refractivity contribution in [2.45, 2.75) is 6.61 Å². The summed E-state index contributed by atoms with van der Waals surface area (Å²) in [6.45, 7) is 0.176. The van der Waals surface area contributed by atoms with Crippen LogP contribution in [-0.4, -0.2) is 9.97 Å². The first-order chi connectivity index (χ1) is 7.74. The monoisotopic (exact) mass is 220 g/mol. The molecule has 0 aliphatic heterocycles. The minimum atomic E-state index is -0.318. The lowest BCUT2D eigenvalue weighted by Crippen LogP contribution is -2.08. The molecule has 0 fully saturated rings. The number of nitrogens with one attached hydrogen (secondary N) is 1. The number of ether oxygens (including phenoxy) is 1. The first-order valence-electron chi connectivity index (χ1n) is 4.66. The van der Waals surface area contributed by atoms with Crippen LogP contribution in [0, 0.1) is 5.82 Å². The van der Waals surface area contributed by atoms with Gasteiger partial charge < -0.3 is 9.72 Å². The number of nitrogens with zero attached hydrogens (tertiary/aromatic N) is 1. The van der Waals surface area contributed by atoms with Crippen LogP contribution in [0.15, 0.2) is 41.5 Å². The van der Waals surface area contributed by atoms with Crippen LogP contribution in [0.2, 0.25) is 0 Å². The lowest BCUT2D eigenvalue weighted by Gasteiger charge is -2.04. The van der Waals surface area contributed by atoms with Gasteiger partial charge in [0, 0.05) is 6.07 Å². The normalized spacial score (nSPS) is 10.1. The number of benzene rings is 1. The first kappa shape index (κ1) is 10.4. The minimum Gasteiger partial charge on any atom is -0.487 e. The van der Waals surface area contributed by atoms with E-state index in [1.807, 2.05) is 0 Å². The van der Waals surface area contributed by atoms with Crippen molar-refractivity contribution in [3.05, 3.63) is 58.5 Å². The molecule has 2 aromatic rings. The Balaban J connectivity index is 2.02. The van der Waals surface area contributed by atoms with E-state index in [1.165, 1.54) is 36.7 Å². The maximum Gasteiger partial charge on any atom is 0.251 e. The fourth-order valence-corrected chi connectivity index (χ4v) is 1.18. The van der Waals surface area contributed by atoms with Gasteiger partial charge in [0.05, 0.1) is 12.0 Å². The van der Waals surface area contributed by atoms with Crippen LogP contribution in [-0.2, 0) is 6.61 Å². The molecule has 0 aliphatic rings. The van der Waals surface area contributed by atoms with Crippen molar-refractivity contribution < 1.29 is 9.13 Å². The molecule has 0 aliphatic carbocycles. The Morgan fingerprint density at radius 2 is 2.06 bits per heavy atom. The summed E-state index contributed by atoms with van der Waals surface area (Å²) in [7, 11) is 0. The number of aromatic amines is 1. The molecule has 0 atom stereocenters. The third-order valence-electron chi connectivity index (χ3n) is 1.94. The maximum atomic E-state index is 12.6. The Morgan fingerprint density at radius 3 is 2.75 bits per heavy atom. The van der Waals surface area contributed by atoms with Gasteiger partial charge in [-0.25, -0.2) is 9.37 Å². The fourth-order valence-electron chi connectivity index (χ4n) is 1.18. The van der Waals surface area contributed by atoms with E-state index in [4.69, 9.17) is 4.74 Å². The quantitative estimate of drug-likeness (QED) is 0.852. The smallest absolute Gasteiger partial charge is 0.251 e. The van der Waals surface area contributed by atoms with Gasteiger partial charge in [0.25, 0.3) is 5.56 Å². The summed E-state index contributed by atoms with van der Waals surface area (Å²) < 4.78 is 17.9. The van der Waals surface area contributed by atoms with Crippen molar-refractivity contribution in [3.8, 4) is 5.75 Å². The van der Waals surface area contributed by atoms with Crippen molar-refractivity contribution in [2.24, 2.45) is 0 Å². The van der Waals surface area contributed by atoms with E-state index in [1.54, 1.807) is 0 Å². The number of halogens is 1. The molecule has 0 saturated heterocycles. The Kier molecular flexibility index (Phi) is 2.95. The van der Waals surface area contributed by atoms with E-state index >= 15 is 0 Å². The highest BCUT2D eigenvalue weighted by Crippen LogP contribution is 2.12. The number of aromatic nitrogens is 2. The van der Waals surface area contributed by atoms with Crippen molar-refractivity contribution in [2.75, 3.05) is 0 Å². The molecular formula is C11H9FN2O2. The predicted octanol–water partition coefficient (Wildman–Crippen LogP) is 1.49. The molecule has 0 radical (unpaired) electrons. The Morgan fingerprint density at radius 1 is 1.31 bits per heavy atom. The average molecular weight is 220 g/mol. The molecule has 1 heterocycles. The molecule has 0 unspecified atom stereocenters. The van der Waals surface area contributed by atoms with Crippen molar-refractivity contribution >= 4 is 0 Å². The van der Waals surface area contributed by atoms with E-state index in [0.29, 0.717) is 11.4 Å². The third kappa shape index (κ3) is 2.66. The van der Waals surface area contributed by atoms with Gasteiger partial charge in [-0.3, -0.25) is 4.79 Å². The molecule has 82 valence electrons. The van der Waals surface area contributed by atoms with E-state index in [-0.39, 0.29) is 18.0 Å². The van der Waals surface area contributed by atoms with Crippen molar-refractivity contribution in [1.82, 2.24) is 9.97 Å². The molecule has 0 bridgehead atoms. The summed E-state index contributed by atoms with van der Waals surface area (Å²) in [5.74, 6) is 0.213. The van der Waals surface area contributed by atoms with Gasteiger partial charge in [-0.1, -0.05) is 0 Å². The molecule has 1 N–H and O–H groups in total. The average Bonchev–Trinajstić information content (AvgIpc) is 2.28. The van der Waals surface area contributed by atoms with Gasteiger partial charge in [-0.05, 0) is 24.3 Å². The largest absolute Gasteiger partial charge is 0.487 e. The second-order valence-corrected chi connectivity index (χ2v) is 3.15. The number of H-pyrrole nitrogens is 1. The molecule has 5 heteroatoms. The predicted molar refractivity (Wildman–Crippen MR) is 55.6 cm³/mol. The van der Waals surface area contributed by atoms with E-state index < -0.39 is 0 Å². The lowest BCUT2D eigenvalue weighted by atomic mass is 10.3. The number of rotatable bonds is 3. The Labute approximate surface area is 90.7 Å². The third-order valence-corrected chi connectivity index (χ3v) is 1.94. The zero-order valence-electron chi connectivity index (χ0n) is 8.31.